The van der Waals surface area contributed by atoms with E-state index >= 15 is 0 Å². The van der Waals surface area contributed by atoms with Crippen molar-refractivity contribution in [2.24, 2.45) is 0 Å². The Labute approximate surface area is 182 Å². The molecule has 5 rings (SSSR count). The number of hydrogen-bond donors (Lipinski definition) is 2. The van der Waals surface area contributed by atoms with Gasteiger partial charge in [-0.25, -0.2) is 13.8 Å². The van der Waals surface area contributed by atoms with Crippen LogP contribution in [-0.2, 0) is 6.61 Å². The van der Waals surface area contributed by atoms with Crippen LogP contribution in [0.15, 0.2) is 28.1 Å². The average molecular weight is 448 g/mol. The van der Waals surface area contributed by atoms with E-state index < -0.39 is 24.4 Å². The molecule has 3 heterocycles. The standard InChI is InChI=1S/C22H23F2N3O3S/c1-12-17(31-11-26-12)9-29-14-4-5-16-15(8-14)19(20(30-16)13-2-3-13)21(28)27-18-6-7-25-10-22(18,23)24/h4-5,8,11,13,18,25H,2-3,6-7,9-10H2,1H3,(H,27,28). The Hall–Kier alpha value is -2.52. The number of thiazole rings is 1. The number of carbonyl (C=O) groups excluding carboxylic acids is 1. The number of benzene rings is 1. The minimum atomic E-state index is -2.99. The molecule has 1 aliphatic heterocycles. The maximum atomic E-state index is 14.3. The first-order valence-corrected chi connectivity index (χ1v) is 11.3. The molecule has 1 aliphatic carbocycles. The molecule has 0 bridgehead atoms. The zero-order valence-electron chi connectivity index (χ0n) is 17.0. The lowest BCUT2D eigenvalue weighted by atomic mass is 10.0. The summed E-state index contributed by atoms with van der Waals surface area (Å²) in [6, 6.07) is 4.12. The second-order valence-electron chi connectivity index (χ2n) is 8.18. The maximum Gasteiger partial charge on any atom is 0.280 e. The zero-order chi connectivity index (χ0) is 21.6. The Kier molecular flexibility index (Phi) is 5.18. The van der Waals surface area contributed by atoms with Crippen LogP contribution >= 0.6 is 11.3 Å². The Balaban J connectivity index is 1.44. The number of aromatic nitrogens is 1. The molecule has 2 N–H and O–H groups in total. The van der Waals surface area contributed by atoms with Gasteiger partial charge in [0.15, 0.2) is 0 Å². The van der Waals surface area contributed by atoms with Crippen molar-refractivity contribution >= 4 is 28.2 Å². The predicted molar refractivity (Wildman–Crippen MR) is 113 cm³/mol. The average Bonchev–Trinajstić information content (AvgIpc) is 3.40. The van der Waals surface area contributed by atoms with E-state index in [9.17, 15) is 13.6 Å². The molecule has 1 unspecified atom stereocenters. The Morgan fingerprint density at radius 3 is 2.94 bits per heavy atom. The topological polar surface area (TPSA) is 76.4 Å². The first-order chi connectivity index (χ1) is 14.9. The molecule has 0 spiro atoms. The number of hydrogen-bond acceptors (Lipinski definition) is 6. The number of halogens is 2. The van der Waals surface area contributed by atoms with E-state index in [1.165, 1.54) is 11.3 Å². The van der Waals surface area contributed by atoms with Crippen LogP contribution in [0, 0.1) is 6.92 Å². The van der Waals surface area contributed by atoms with Crippen molar-refractivity contribution in [2.75, 3.05) is 13.1 Å². The van der Waals surface area contributed by atoms with Gasteiger partial charge in [-0.1, -0.05) is 0 Å². The highest BCUT2D eigenvalue weighted by molar-refractivity contribution is 7.09. The molecule has 0 radical (unpaired) electrons. The van der Waals surface area contributed by atoms with Crippen molar-refractivity contribution in [3.05, 3.63) is 45.6 Å². The van der Waals surface area contributed by atoms with E-state index in [4.69, 9.17) is 9.15 Å². The number of alkyl halides is 2. The molecular weight excluding hydrogens is 424 g/mol. The molecule has 9 heteroatoms. The summed E-state index contributed by atoms with van der Waals surface area (Å²) in [5.41, 5.74) is 3.61. The number of piperidine rings is 1. The molecule has 164 valence electrons. The number of furan rings is 1. The van der Waals surface area contributed by atoms with Crippen LogP contribution in [0.4, 0.5) is 8.78 Å². The van der Waals surface area contributed by atoms with Gasteiger partial charge < -0.3 is 19.8 Å². The van der Waals surface area contributed by atoms with Gasteiger partial charge in [0, 0.05) is 11.3 Å². The molecule has 2 aromatic heterocycles. The van der Waals surface area contributed by atoms with Crippen molar-refractivity contribution in [1.29, 1.82) is 0 Å². The number of nitrogens with one attached hydrogen (secondary N) is 2. The van der Waals surface area contributed by atoms with Crippen LogP contribution in [0.25, 0.3) is 11.0 Å². The lowest BCUT2D eigenvalue weighted by molar-refractivity contribution is -0.0487. The minimum Gasteiger partial charge on any atom is -0.488 e. The van der Waals surface area contributed by atoms with E-state index in [0.29, 0.717) is 41.2 Å². The third kappa shape index (κ3) is 4.04. The molecule has 2 fully saturated rings. The van der Waals surface area contributed by atoms with Gasteiger partial charge in [-0.2, -0.15) is 0 Å². The number of ether oxygens (including phenoxy) is 1. The SMILES string of the molecule is Cc1ncsc1COc1ccc2oc(C3CC3)c(C(=O)NC3CCNCC3(F)F)c2c1. The summed E-state index contributed by atoms with van der Waals surface area (Å²) in [7, 11) is 0. The van der Waals surface area contributed by atoms with Gasteiger partial charge >= 0.3 is 0 Å². The van der Waals surface area contributed by atoms with E-state index in [0.717, 1.165) is 23.4 Å². The van der Waals surface area contributed by atoms with Gasteiger partial charge in [-0.3, -0.25) is 4.79 Å². The first-order valence-electron chi connectivity index (χ1n) is 10.4. The highest BCUT2D eigenvalue weighted by Crippen LogP contribution is 2.45. The second kappa shape index (κ2) is 7.87. The van der Waals surface area contributed by atoms with Crippen LogP contribution in [0.5, 0.6) is 5.75 Å². The maximum absolute atomic E-state index is 14.3. The van der Waals surface area contributed by atoms with E-state index in [2.05, 4.69) is 15.6 Å². The summed E-state index contributed by atoms with van der Waals surface area (Å²) < 4.78 is 40.4. The fraction of sp³-hybridized carbons (Fsp3) is 0.455. The summed E-state index contributed by atoms with van der Waals surface area (Å²) in [5.74, 6) is -2.17. The zero-order valence-corrected chi connectivity index (χ0v) is 17.9. The molecular formula is C22H23F2N3O3S. The summed E-state index contributed by atoms with van der Waals surface area (Å²) in [6.45, 7) is 2.30. The largest absolute Gasteiger partial charge is 0.488 e. The highest BCUT2D eigenvalue weighted by Gasteiger charge is 2.43. The van der Waals surface area contributed by atoms with E-state index in [-0.39, 0.29) is 12.3 Å². The molecule has 1 saturated heterocycles. The molecule has 31 heavy (non-hydrogen) atoms. The second-order valence-corrected chi connectivity index (χ2v) is 9.12. The van der Waals surface area contributed by atoms with E-state index in [1.807, 2.05) is 6.92 Å². The fourth-order valence-corrected chi connectivity index (χ4v) is 4.60. The van der Waals surface area contributed by atoms with Gasteiger partial charge in [0.25, 0.3) is 11.8 Å². The number of carbonyl (C=O) groups is 1. The smallest absolute Gasteiger partial charge is 0.280 e. The van der Waals surface area contributed by atoms with Crippen molar-refractivity contribution < 1.29 is 22.7 Å². The summed E-state index contributed by atoms with van der Waals surface area (Å²) in [4.78, 5) is 18.4. The number of rotatable bonds is 6. The van der Waals surface area contributed by atoms with Gasteiger partial charge in [-0.05, 0) is 50.9 Å². The number of aryl methyl sites for hydroxylation is 1. The van der Waals surface area contributed by atoms with E-state index in [1.54, 1.807) is 23.7 Å². The van der Waals surface area contributed by atoms with Gasteiger partial charge in [-0.15, -0.1) is 11.3 Å². The molecule has 1 aromatic carbocycles. The molecule has 1 atom stereocenters. The van der Waals surface area contributed by atoms with Crippen molar-refractivity contribution in [1.82, 2.24) is 15.6 Å². The van der Waals surface area contributed by atoms with Crippen LogP contribution in [0.3, 0.4) is 0 Å². The number of nitrogens with zero attached hydrogens (tertiary/aromatic N) is 1. The van der Waals surface area contributed by atoms with Gasteiger partial charge in [0.1, 0.15) is 23.7 Å². The van der Waals surface area contributed by atoms with Crippen LogP contribution in [0.2, 0.25) is 0 Å². The highest BCUT2D eigenvalue weighted by atomic mass is 32.1. The number of fused-ring (bicyclic) bond motifs is 1. The summed E-state index contributed by atoms with van der Waals surface area (Å²) in [5, 5.41) is 5.84. The summed E-state index contributed by atoms with van der Waals surface area (Å²) in [6.07, 6.45) is 2.03. The van der Waals surface area contributed by atoms with Crippen LogP contribution in [0.1, 0.15) is 51.9 Å². The molecule has 2 aliphatic rings. The van der Waals surface area contributed by atoms with Crippen molar-refractivity contribution in [2.45, 2.75) is 50.7 Å². The first kappa shape index (κ1) is 20.4. The van der Waals surface area contributed by atoms with Crippen molar-refractivity contribution in [3.63, 3.8) is 0 Å². The third-order valence-electron chi connectivity index (χ3n) is 5.86. The van der Waals surface area contributed by atoms with Crippen LogP contribution in [-0.4, -0.2) is 35.9 Å². The third-order valence-corrected chi connectivity index (χ3v) is 6.77. The van der Waals surface area contributed by atoms with Crippen LogP contribution < -0.4 is 15.4 Å². The monoisotopic (exact) mass is 447 g/mol. The molecule has 1 saturated carbocycles. The lowest BCUT2D eigenvalue weighted by Gasteiger charge is -2.32. The molecule has 1 amide bonds. The lowest BCUT2D eigenvalue weighted by Crippen LogP contribution is -2.57. The molecule has 3 aromatic rings. The Morgan fingerprint density at radius 2 is 2.23 bits per heavy atom. The minimum absolute atomic E-state index is 0.158. The van der Waals surface area contributed by atoms with Gasteiger partial charge in [0.05, 0.1) is 34.2 Å². The Bertz CT molecular complexity index is 1120. The normalized spacial score (nSPS) is 20.7. The number of amides is 1. The predicted octanol–water partition coefficient (Wildman–Crippen LogP) is 4.38. The fourth-order valence-electron chi connectivity index (χ4n) is 3.91. The van der Waals surface area contributed by atoms with Gasteiger partial charge in [0.2, 0.25) is 0 Å². The van der Waals surface area contributed by atoms with Crippen molar-refractivity contribution in [3.8, 4) is 5.75 Å². The Morgan fingerprint density at radius 1 is 1.39 bits per heavy atom. The molecule has 6 nitrogen and oxygen atoms in total. The quantitative estimate of drug-likeness (QED) is 0.587. The summed E-state index contributed by atoms with van der Waals surface area (Å²) >= 11 is 1.52.